The molecule has 0 aliphatic heterocycles. The molecule has 0 aliphatic carbocycles. The lowest BCUT2D eigenvalue weighted by molar-refractivity contribution is -0.118. The van der Waals surface area contributed by atoms with Crippen LogP contribution in [0.25, 0.3) is 0 Å². The second-order valence-corrected chi connectivity index (χ2v) is 10.1. The zero-order valence-electron chi connectivity index (χ0n) is 17.9. The van der Waals surface area contributed by atoms with Crippen LogP contribution in [0.4, 0.5) is 5.69 Å². The first-order valence-electron chi connectivity index (χ1n) is 10.1. The average Bonchev–Trinajstić information content (AvgIpc) is 2.79. The highest BCUT2D eigenvalue weighted by Crippen LogP contribution is 2.26. The van der Waals surface area contributed by atoms with Gasteiger partial charge in [0.25, 0.3) is 5.91 Å². The van der Waals surface area contributed by atoms with Gasteiger partial charge < -0.3 is 10.1 Å². The molecule has 1 amide bonds. The fourth-order valence-corrected chi connectivity index (χ4v) is 4.74. The molecule has 0 spiro atoms. The number of carbonyl (C=O) groups excluding carboxylic acids is 1. The second kappa shape index (κ2) is 10.8. The van der Waals surface area contributed by atoms with E-state index in [1.807, 2.05) is 48.5 Å². The first-order valence-corrected chi connectivity index (χ1v) is 12.3. The van der Waals surface area contributed by atoms with Crippen LogP contribution in [-0.2, 0) is 27.8 Å². The van der Waals surface area contributed by atoms with E-state index in [0.29, 0.717) is 11.4 Å². The molecule has 6 nitrogen and oxygen atoms in total. The topological polar surface area (TPSA) is 75.7 Å². The van der Waals surface area contributed by atoms with Crippen molar-refractivity contribution in [1.82, 2.24) is 4.31 Å². The lowest BCUT2D eigenvalue weighted by Crippen LogP contribution is -2.26. The molecule has 0 radical (unpaired) electrons. The van der Waals surface area contributed by atoms with E-state index < -0.39 is 10.0 Å². The monoisotopic (exact) mass is 516 g/mol. The van der Waals surface area contributed by atoms with Crippen molar-refractivity contribution in [1.29, 1.82) is 0 Å². The van der Waals surface area contributed by atoms with Crippen molar-refractivity contribution in [2.24, 2.45) is 0 Å². The molecule has 0 saturated carbocycles. The van der Waals surface area contributed by atoms with Crippen LogP contribution in [0.5, 0.6) is 5.75 Å². The summed E-state index contributed by atoms with van der Waals surface area (Å²) in [5.41, 5.74) is 2.56. The molecule has 32 heavy (non-hydrogen) atoms. The first kappa shape index (κ1) is 24.0. The molecule has 0 unspecified atom stereocenters. The summed E-state index contributed by atoms with van der Waals surface area (Å²) in [5.74, 6) is 0.244. The molecule has 3 rings (SSSR count). The van der Waals surface area contributed by atoms with Gasteiger partial charge in [-0.3, -0.25) is 4.79 Å². The summed E-state index contributed by atoms with van der Waals surface area (Å²) >= 11 is 3.45. The summed E-state index contributed by atoms with van der Waals surface area (Å²) in [6.45, 7) is 2.17. The number of rotatable bonds is 9. The van der Waals surface area contributed by atoms with Crippen LogP contribution in [0.1, 0.15) is 18.1 Å². The summed E-state index contributed by atoms with van der Waals surface area (Å²) in [4.78, 5) is 12.4. The lowest BCUT2D eigenvalue weighted by atomic mass is 10.2. The van der Waals surface area contributed by atoms with Crippen molar-refractivity contribution in [3.05, 3.63) is 88.4 Å². The van der Waals surface area contributed by atoms with E-state index in [1.54, 1.807) is 19.2 Å². The smallest absolute Gasteiger partial charge is 0.262 e. The Morgan fingerprint density at radius 1 is 1.00 bits per heavy atom. The van der Waals surface area contributed by atoms with E-state index in [0.717, 1.165) is 22.0 Å². The molecule has 3 aromatic carbocycles. The van der Waals surface area contributed by atoms with Gasteiger partial charge in [-0.2, -0.15) is 4.31 Å². The van der Waals surface area contributed by atoms with Gasteiger partial charge in [0, 0.05) is 19.3 Å². The number of halogens is 1. The van der Waals surface area contributed by atoms with Crippen molar-refractivity contribution in [2.75, 3.05) is 19.0 Å². The number of ether oxygens (including phenoxy) is 1. The molecule has 0 fully saturated rings. The van der Waals surface area contributed by atoms with Gasteiger partial charge in [0.05, 0.1) is 9.37 Å². The fraction of sp³-hybridized carbons (Fsp3) is 0.208. The van der Waals surface area contributed by atoms with Crippen LogP contribution >= 0.6 is 15.9 Å². The lowest BCUT2D eigenvalue weighted by Gasteiger charge is -2.17. The number of hydrogen-bond donors (Lipinski definition) is 1. The number of benzene rings is 3. The summed E-state index contributed by atoms with van der Waals surface area (Å²) in [6, 6.07) is 21.2. The second-order valence-electron chi connectivity index (χ2n) is 7.23. The Morgan fingerprint density at radius 3 is 2.31 bits per heavy atom. The molecule has 0 saturated heterocycles. The number of sulfonamides is 1. The number of carbonyl (C=O) groups is 1. The van der Waals surface area contributed by atoms with Crippen LogP contribution in [0, 0.1) is 0 Å². The van der Waals surface area contributed by atoms with Gasteiger partial charge >= 0.3 is 0 Å². The highest BCUT2D eigenvalue weighted by atomic mass is 79.9. The SMILES string of the molecule is CCc1ccc(OCC(=O)Nc2ccc(S(=O)(=O)N(C)Cc3ccccc3)cc2)c(Br)c1. The summed E-state index contributed by atoms with van der Waals surface area (Å²) < 4.78 is 33.3. The van der Waals surface area contributed by atoms with Crippen LogP contribution in [-0.4, -0.2) is 32.3 Å². The molecule has 0 aromatic heterocycles. The van der Waals surface area contributed by atoms with Crippen LogP contribution in [0.2, 0.25) is 0 Å². The molecule has 1 N–H and O–H groups in total. The Balaban J connectivity index is 1.58. The van der Waals surface area contributed by atoms with Crippen molar-refractivity contribution in [2.45, 2.75) is 24.8 Å². The Kier molecular flexibility index (Phi) is 8.06. The van der Waals surface area contributed by atoms with E-state index in [4.69, 9.17) is 4.74 Å². The zero-order valence-corrected chi connectivity index (χ0v) is 20.3. The Bertz CT molecular complexity index is 1170. The van der Waals surface area contributed by atoms with Gasteiger partial charge in [-0.1, -0.05) is 43.3 Å². The third-order valence-electron chi connectivity index (χ3n) is 4.86. The van der Waals surface area contributed by atoms with Gasteiger partial charge in [0.2, 0.25) is 10.0 Å². The van der Waals surface area contributed by atoms with E-state index in [1.165, 1.54) is 16.4 Å². The van der Waals surface area contributed by atoms with Crippen molar-refractivity contribution in [3.8, 4) is 5.75 Å². The maximum Gasteiger partial charge on any atom is 0.262 e. The highest BCUT2D eigenvalue weighted by Gasteiger charge is 2.21. The molecule has 0 bridgehead atoms. The normalized spacial score (nSPS) is 11.4. The highest BCUT2D eigenvalue weighted by molar-refractivity contribution is 9.10. The predicted octanol–water partition coefficient (Wildman–Crippen LogP) is 4.85. The zero-order chi connectivity index (χ0) is 23.1. The van der Waals surface area contributed by atoms with Crippen LogP contribution in [0.3, 0.4) is 0 Å². The third-order valence-corrected chi connectivity index (χ3v) is 7.29. The average molecular weight is 517 g/mol. The number of anilines is 1. The molecule has 0 heterocycles. The number of amides is 1. The van der Waals surface area contributed by atoms with Gasteiger partial charge in [0.15, 0.2) is 6.61 Å². The van der Waals surface area contributed by atoms with Crippen molar-refractivity contribution >= 4 is 37.5 Å². The Hall–Kier alpha value is -2.68. The molecule has 0 atom stereocenters. The summed E-state index contributed by atoms with van der Waals surface area (Å²) in [5, 5.41) is 2.71. The quantitative estimate of drug-likeness (QED) is 0.441. The van der Waals surface area contributed by atoms with Gasteiger partial charge in [-0.25, -0.2) is 8.42 Å². The largest absolute Gasteiger partial charge is 0.483 e. The van der Waals surface area contributed by atoms with Gasteiger partial charge in [0.1, 0.15) is 5.75 Å². The van der Waals surface area contributed by atoms with Crippen LogP contribution < -0.4 is 10.1 Å². The molecule has 0 aliphatic rings. The van der Waals surface area contributed by atoms with Crippen molar-refractivity contribution < 1.29 is 17.9 Å². The van der Waals surface area contributed by atoms with Crippen LogP contribution in [0.15, 0.2) is 82.2 Å². The standard InChI is InChI=1S/C24H25BrN2O4S/c1-3-18-9-14-23(22(25)15-18)31-17-24(28)26-20-10-12-21(13-11-20)32(29,30)27(2)16-19-7-5-4-6-8-19/h4-15H,3,16-17H2,1-2H3,(H,26,28). The number of aryl methyl sites for hydroxylation is 1. The Morgan fingerprint density at radius 2 is 1.69 bits per heavy atom. The first-order chi connectivity index (χ1) is 15.3. The minimum absolute atomic E-state index is 0.158. The number of hydrogen-bond acceptors (Lipinski definition) is 4. The molecular formula is C24H25BrN2O4S. The number of nitrogens with zero attached hydrogens (tertiary/aromatic N) is 1. The summed E-state index contributed by atoms with van der Waals surface area (Å²) in [7, 11) is -2.11. The molecule has 3 aromatic rings. The minimum atomic E-state index is -3.65. The molecule has 168 valence electrons. The minimum Gasteiger partial charge on any atom is -0.483 e. The van der Waals surface area contributed by atoms with Gasteiger partial charge in [-0.15, -0.1) is 0 Å². The van der Waals surface area contributed by atoms with Crippen molar-refractivity contribution in [3.63, 3.8) is 0 Å². The van der Waals surface area contributed by atoms with Gasteiger partial charge in [-0.05, 0) is 69.9 Å². The van der Waals surface area contributed by atoms with E-state index in [-0.39, 0.29) is 24.0 Å². The number of nitrogens with one attached hydrogen (secondary N) is 1. The van der Waals surface area contributed by atoms with E-state index >= 15 is 0 Å². The summed E-state index contributed by atoms with van der Waals surface area (Å²) in [6.07, 6.45) is 0.910. The van der Waals surface area contributed by atoms with E-state index in [2.05, 4.69) is 28.2 Å². The molecule has 8 heteroatoms. The maximum atomic E-state index is 12.8. The predicted molar refractivity (Wildman–Crippen MR) is 129 cm³/mol. The maximum absolute atomic E-state index is 12.8. The third kappa shape index (κ3) is 6.18. The Labute approximate surface area is 197 Å². The van der Waals surface area contributed by atoms with E-state index in [9.17, 15) is 13.2 Å². The fourth-order valence-electron chi connectivity index (χ4n) is 3.04. The molecular weight excluding hydrogens is 492 g/mol.